The Labute approximate surface area is 142 Å². The highest BCUT2D eigenvalue weighted by Crippen LogP contribution is 2.74. The summed E-state index contributed by atoms with van der Waals surface area (Å²) in [7, 11) is 0.670. The van der Waals surface area contributed by atoms with Crippen LogP contribution in [0.15, 0.2) is 12.2 Å². The minimum Gasteiger partial charge on any atom is -0.341 e. The monoisotopic (exact) mass is 364 g/mol. The van der Waals surface area contributed by atoms with E-state index in [0.717, 1.165) is 6.42 Å². The molecule has 0 radical (unpaired) electrons. The number of methoxy groups -OCH3 is 1. The van der Waals surface area contributed by atoms with Crippen LogP contribution in [0, 0.1) is 41.4 Å². The van der Waals surface area contributed by atoms with E-state index in [2.05, 4.69) is 16.9 Å². The minimum absolute atomic E-state index is 0.174. The van der Waals surface area contributed by atoms with Crippen LogP contribution in [-0.2, 0) is 9.47 Å². The first-order valence-electron chi connectivity index (χ1n) is 8.97. The second-order valence-corrected chi connectivity index (χ2v) is 8.63. The Bertz CT molecular complexity index is 646. The molecule has 0 aromatic heterocycles. The Kier molecular flexibility index (Phi) is 2.91. The molecule has 1 spiro atoms. The molecule has 1 saturated heterocycles. The van der Waals surface area contributed by atoms with E-state index >= 15 is 0 Å². The summed E-state index contributed by atoms with van der Waals surface area (Å²) in [5.74, 6) is -8.19. The van der Waals surface area contributed by atoms with Gasteiger partial charge in [-0.15, -0.1) is 0 Å². The lowest BCUT2D eigenvalue weighted by molar-refractivity contribution is -0.424. The van der Waals surface area contributed by atoms with Crippen LogP contribution in [0.2, 0.25) is 0 Å². The number of hydrogen-bond donors (Lipinski definition) is 0. The molecular weight excluding hydrogens is 343 g/mol. The van der Waals surface area contributed by atoms with Crippen molar-refractivity contribution in [1.29, 1.82) is 0 Å². The molecule has 140 valence electrons. The van der Waals surface area contributed by atoms with Crippen LogP contribution in [0.3, 0.4) is 0 Å². The number of hydrogen-bond acceptors (Lipinski definition) is 2. The van der Waals surface area contributed by atoms with Gasteiger partial charge in [0, 0.05) is 7.11 Å². The summed E-state index contributed by atoms with van der Waals surface area (Å²) in [4.78, 5) is 0. The Morgan fingerprint density at radius 3 is 2.28 bits per heavy atom. The van der Waals surface area contributed by atoms with Crippen LogP contribution in [-0.4, -0.2) is 30.6 Å². The smallest absolute Gasteiger partial charge is 0.341 e. The molecule has 0 aromatic rings. The number of halogens is 5. The highest BCUT2D eigenvalue weighted by Gasteiger charge is 2.86. The van der Waals surface area contributed by atoms with Crippen molar-refractivity contribution in [3.05, 3.63) is 12.2 Å². The lowest BCUT2D eigenvalue weighted by Gasteiger charge is -2.45. The zero-order chi connectivity index (χ0) is 18.0. The van der Waals surface area contributed by atoms with Crippen molar-refractivity contribution < 1.29 is 31.4 Å². The standard InChI is InChI=1S/C18H21F5O2/c1-8-15(25-17(24-2,16(8,19)20)18(21,22)23)7-11-6-12(15)14-10-4-3-9(5-10)13(11)14/h3-4,8-14H,5-7H2,1-2H3. The van der Waals surface area contributed by atoms with Crippen LogP contribution < -0.4 is 0 Å². The Morgan fingerprint density at radius 2 is 1.72 bits per heavy atom. The van der Waals surface area contributed by atoms with Gasteiger partial charge in [0.2, 0.25) is 0 Å². The SMILES string of the molecule is COC1(C(F)(F)F)OC2(CC3CC2C2C4C=CC(C4)C32)C(C)C1(F)F. The summed E-state index contributed by atoms with van der Waals surface area (Å²) in [6, 6.07) is 0. The van der Waals surface area contributed by atoms with Crippen LogP contribution in [0.5, 0.6) is 0 Å². The Morgan fingerprint density at radius 1 is 1.08 bits per heavy atom. The first kappa shape index (κ1) is 16.5. The molecule has 25 heavy (non-hydrogen) atoms. The topological polar surface area (TPSA) is 18.5 Å². The molecule has 4 fully saturated rings. The number of alkyl halides is 5. The van der Waals surface area contributed by atoms with Gasteiger partial charge in [-0.05, 0) is 54.8 Å². The van der Waals surface area contributed by atoms with Crippen molar-refractivity contribution in [2.45, 2.75) is 49.7 Å². The van der Waals surface area contributed by atoms with E-state index in [1.165, 1.54) is 6.92 Å². The molecule has 4 aliphatic carbocycles. The van der Waals surface area contributed by atoms with Gasteiger partial charge in [0.15, 0.2) is 0 Å². The number of ether oxygens (including phenoxy) is 2. The quantitative estimate of drug-likeness (QED) is 0.390. The van der Waals surface area contributed by atoms with Gasteiger partial charge in [-0.25, -0.2) is 0 Å². The first-order chi connectivity index (χ1) is 11.6. The summed E-state index contributed by atoms with van der Waals surface area (Å²) < 4.78 is 80.5. The molecule has 4 bridgehead atoms. The van der Waals surface area contributed by atoms with Gasteiger partial charge in [0.25, 0.3) is 0 Å². The predicted molar refractivity (Wildman–Crippen MR) is 77.7 cm³/mol. The zero-order valence-electron chi connectivity index (χ0n) is 14.0. The fourth-order valence-corrected chi connectivity index (χ4v) is 7.25. The van der Waals surface area contributed by atoms with Gasteiger partial charge >= 0.3 is 17.9 Å². The van der Waals surface area contributed by atoms with E-state index in [0.29, 0.717) is 31.3 Å². The Balaban J connectivity index is 1.59. The lowest BCUT2D eigenvalue weighted by Crippen LogP contribution is -2.59. The average Bonchev–Trinajstić information content (AvgIpc) is 3.28. The second kappa shape index (κ2) is 4.41. The molecule has 3 saturated carbocycles. The third-order valence-corrected chi connectivity index (χ3v) is 8.07. The summed E-state index contributed by atoms with van der Waals surface area (Å²) >= 11 is 0. The maximum atomic E-state index is 14.9. The second-order valence-electron chi connectivity index (χ2n) is 8.63. The highest BCUT2D eigenvalue weighted by molar-refractivity contribution is 5.27. The van der Waals surface area contributed by atoms with Crippen molar-refractivity contribution in [2.75, 3.05) is 7.11 Å². The van der Waals surface area contributed by atoms with E-state index in [-0.39, 0.29) is 24.2 Å². The summed E-state index contributed by atoms with van der Waals surface area (Å²) in [6.45, 7) is 1.21. The van der Waals surface area contributed by atoms with E-state index in [9.17, 15) is 22.0 Å². The maximum Gasteiger partial charge on any atom is 0.449 e. The van der Waals surface area contributed by atoms with Crippen LogP contribution in [0.25, 0.3) is 0 Å². The third-order valence-electron chi connectivity index (χ3n) is 8.07. The average molecular weight is 364 g/mol. The molecule has 0 aromatic carbocycles. The number of rotatable bonds is 1. The molecule has 9 atom stereocenters. The molecule has 5 rings (SSSR count). The van der Waals surface area contributed by atoms with Crippen molar-refractivity contribution in [2.24, 2.45) is 41.4 Å². The molecular formula is C18H21F5O2. The third kappa shape index (κ3) is 1.56. The fraction of sp³-hybridized carbons (Fsp3) is 0.889. The van der Waals surface area contributed by atoms with Gasteiger partial charge in [0.05, 0.1) is 11.5 Å². The van der Waals surface area contributed by atoms with Crippen molar-refractivity contribution in [3.8, 4) is 0 Å². The van der Waals surface area contributed by atoms with Crippen LogP contribution in [0.1, 0.15) is 26.2 Å². The van der Waals surface area contributed by atoms with E-state index in [4.69, 9.17) is 4.74 Å². The zero-order valence-corrected chi connectivity index (χ0v) is 14.0. The molecule has 1 aliphatic heterocycles. The van der Waals surface area contributed by atoms with Crippen LogP contribution >= 0.6 is 0 Å². The fourth-order valence-electron chi connectivity index (χ4n) is 7.25. The van der Waals surface area contributed by atoms with Crippen molar-refractivity contribution in [3.63, 3.8) is 0 Å². The van der Waals surface area contributed by atoms with Gasteiger partial charge < -0.3 is 9.47 Å². The first-order valence-corrected chi connectivity index (χ1v) is 8.97. The van der Waals surface area contributed by atoms with Gasteiger partial charge in [-0.2, -0.15) is 22.0 Å². The summed E-state index contributed by atoms with van der Waals surface area (Å²) in [5.41, 5.74) is -1.45. The molecule has 0 N–H and O–H groups in total. The molecule has 7 heteroatoms. The molecule has 5 aliphatic rings. The van der Waals surface area contributed by atoms with Gasteiger partial charge in [-0.1, -0.05) is 19.1 Å². The molecule has 0 amide bonds. The van der Waals surface area contributed by atoms with E-state index in [1.807, 2.05) is 0 Å². The molecule has 2 nitrogen and oxygen atoms in total. The molecule has 9 unspecified atom stereocenters. The normalized spacial score (nSPS) is 57.8. The van der Waals surface area contributed by atoms with Gasteiger partial charge in [0.1, 0.15) is 0 Å². The van der Waals surface area contributed by atoms with Crippen molar-refractivity contribution >= 4 is 0 Å². The lowest BCUT2D eigenvalue weighted by atomic mass is 9.63. The maximum absolute atomic E-state index is 14.9. The van der Waals surface area contributed by atoms with E-state index in [1.54, 1.807) is 0 Å². The van der Waals surface area contributed by atoms with Crippen molar-refractivity contribution in [1.82, 2.24) is 0 Å². The van der Waals surface area contributed by atoms with Crippen LogP contribution in [0.4, 0.5) is 22.0 Å². The highest BCUT2D eigenvalue weighted by atomic mass is 19.4. The summed E-state index contributed by atoms with van der Waals surface area (Å²) in [6.07, 6.45) is 1.04. The predicted octanol–water partition coefficient (Wildman–Crippen LogP) is 4.41. The number of allylic oxidation sites excluding steroid dienone is 2. The van der Waals surface area contributed by atoms with E-state index < -0.39 is 29.4 Å². The summed E-state index contributed by atoms with van der Waals surface area (Å²) in [5, 5.41) is 0. The number of fused-ring (bicyclic) bond motifs is 10. The minimum atomic E-state index is -5.29. The largest absolute Gasteiger partial charge is 0.449 e. The Hall–Kier alpha value is -0.690. The van der Waals surface area contributed by atoms with Gasteiger partial charge in [-0.3, -0.25) is 0 Å². The molecule has 1 heterocycles.